The summed E-state index contributed by atoms with van der Waals surface area (Å²) in [5.41, 5.74) is 2.38. The molecule has 6 aromatic rings. The summed E-state index contributed by atoms with van der Waals surface area (Å²) in [6, 6.07) is 15.0. The number of nitrogens with one attached hydrogen (secondary N) is 1. The maximum Gasteiger partial charge on any atom is 0.253 e. The Kier molecular flexibility index (Phi) is 22.1. The highest BCUT2D eigenvalue weighted by Gasteiger charge is 2.49. The van der Waals surface area contributed by atoms with E-state index in [1.165, 1.54) is 36.5 Å². The molecule has 0 radical (unpaired) electrons. The molecule has 3 atom stereocenters. The van der Waals surface area contributed by atoms with E-state index in [0.29, 0.717) is 38.1 Å². The van der Waals surface area contributed by atoms with Crippen molar-refractivity contribution in [3.8, 4) is 11.9 Å². The zero-order valence-electron chi connectivity index (χ0n) is 48.0. The van der Waals surface area contributed by atoms with E-state index in [2.05, 4.69) is 32.2 Å². The van der Waals surface area contributed by atoms with E-state index in [4.69, 9.17) is 40.3 Å². The van der Waals surface area contributed by atoms with Crippen LogP contribution in [0, 0.1) is 28.9 Å². The molecule has 0 unspecified atom stereocenters. The van der Waals surface area contributed by atoms with Crippen molar-refractivity contribution in [3.05, 3.63) is 130 Å². The number of ether oxygens (including phenoxy) is 5. The van der Waals surface area contributed by atoms with E-state index in [9.17, 15) is 33.5 Å². The maximum absolute atomic E-state index is 15.4. The molecule has 21 nitrogen and oxygen atoms in total. The number of amides is 3. The van der Waals surface area contributed by atoms with Crippen LogP contribution in [-0.2, 0) is 51.1 Å². The SMILES string of the molecule is CCc1cnn2c(NCc3ccc(OCCOCCOCCOCCOCC(=O)N4CC(=O)N(c5cc(C#N)ccn5)[C@H](C(=O)N(c5cc(F)cc(F)c5)[C@H](C(=O)CC5CC(F)(F)C5)c5ccccc5Cl)C4)nc3)cc(N3CCCC[C@H]3CCO)nc12. The number of aliphatic hydroxyl groups is 1. The minimum absolute atomic E-state index is 0.00257. The molecule has 1 saturated carbocycles. The molecule has 0 spiro atoms. The van der Waals surface area contributed by atoms with Crippen LogP contribution < -0.4 is 24.8 Å². The normalized spacial score (nSPS) is 17.2. The molecule has 2 aromatic carbocycles. The third-order valence-electron chi connectivity index (χ3n) is 15.2. The number of piperidine rings is 1. The Balaban J connectivity index is 0.717. The monoisotopic (exact) mass is 1230 g/mol. The summed E-state index contributed by atoms with van der Waals surface area (Å²) in [5.74, 6) is -7.57. The molecule has 87 heavy (non-hydrogen) atoms. The number of carbonyl (C=O) groups is 4. The van der Waals surface area contributed by atoms with E-state index in [0.717, 1.165) is 87.5 Å². The quantitative estimate of drug-likeness (QED) is 0.0324. The number of Topliss-reactive ketones (excluding diaryl/α,β-unsaturated/α-hetero) is 1. The van der Waals surface area contributed by atoms with Crippen molar-refractivity contribution in [2.75, 3.05) is 106 Å². The fraction of sp³-hybridized carbons (Fsp3) is 0.459. The number of aliphatic hydroxyl groups excluding tert-OH is 1. The number of alkyl halides is 2. The number of nitrogens with zero attached hydrogens (tertiary/aromatic N) is 10. The van der Waals surface area contributed by atoms with Crippen LogP contribution in [0.1, 0.15) is 80.2 Å². The predicted molar refractivity (Wildman–Crippen MR) is 312 cm³/mol. The Morgan fingerprint density at radius 1 is 0.897 bits per heavy atom. The van der Waals surface area contributed by atoms with Crippen LogP contribution in [-0.4, -0.2) is 162 Å². The number of aryl methyl sites for hydroxylation is 1. The summed E-state index contributed by atoms with van der Waals surface area (Å²) in [5, 5.41) is 27.6. The average Bonchev–Trinajstić information content (AvgIpc) is 2.58. The van der Waals surface area contributed by atoms with Crippen molar-refractivity contribution in [3.63, 3.8) is 0 Å². The highest BCUT2D eigenvalue weighted by Crippen LogP contribution is 2.46. The number of anilines is 4. The molecule has 3 amide bonds. The first-order valence-corrected chi connectivity index (χ1v) is 29.3. The number of nitriles is 1. The number of fused-ring (bicyclic) bond motifs is 1. The fourth-order valence-corrected chi connectivity index (χ4v) is 11.2. The van der Waals surface area contributed by atoms with Gasteiger partial charge in [-0.2, -0.15) is 14.9 Å². The molecule has 3 fully saturated rings. The first kappa shape index (κ1) is 63.6. The van der Waals surface area contributed by atoms with Crippen LogP contribution in [0.2, 0.25) is 5.02 Å². The molecule has 26 heteroatoms. The number of rotatable bonds is 30. The number of piperazine rings is 1. The second kappa shape index (κ2) is 30.2. The number of benzene rings is 2. The zero-order valence-corrected chi connectivity index (χ0v) is 48.8. The lowest BCUT2D eigenvalue weighted by molar-refractivity contribution is -0.143. The Morgan fingerprint density at radius 3 is 2.30 bits per heavy atom. The van der Waals surface area contributed by atoms with Gasteiger partial charge in [-0.15, -0.1) is 0 Å². The predicted octanol–water partition coefficient (Wildman–Crippen LogP) is 7.71. The standard InChI is InChI=1S/C61H68ClF4N11O10/c1-2-43-36-71-77-53(30-54(72-59(43)77)74-15-6-5-7-46(74)13-16-78)69-34-41-10-11-55(70-35-41)87-24-23-85-20-19-83-17-18-84-21-22-86-39-57(81)73-37-50(76(56(80)38-73)52-26-40(33-67)12-14-68-52)60(82)75(47-28-44(63)27-45(64)29-47)58(48-8-3-4-9-49(48)62)51(79)25-42-31-61(65,66)32-42/h3-4,8-12,14,26-30,35-36,42,46,50,58,69,78H,2,5-7,13,15-25,31-32,34,37-39H2,1H3/t46-,50-,58-/m0/s1. The Morgan fingerprint density at radius 2 is 1.62 bits per heavy atom. The molecule has 2 N–H and O–H groups in total. The Hall–Kier alpha value is -7.86. The second-order valence-electron chi connectivity index (χ2n) is 21.3. The number of pyridine rings is 2. The third kappa shape index (κ3) is 16.4. The summed E-state index contributed by atoms with van der Waals surface area (Å²) in [6.45, 7) is 3.47. The molecule has 6 heterocycles. The van der Waals surface area contributed by atoms with Crippen LogP contribution >= 0.6 is 11.6 Å². The van der Waals surface area contributed by atoms with Gasteiger partial charge in [-0.1, -0.05) is 42.8 Å². The first-order chi connectivity index (χ1) is 42.1. The largest absolute Gasteiger partial charge is 0.475 e. The number of ketones is 1. The molecular weight excluding hydrogens is 1160 g/mol. The van der Waals surface area contributed by atoms with Crippen LogP contribution in [0.25, 0.3) is 5.65 Å². The van der Waals surface area contributed by atoms with Crippen LogP contribution in [0.3, 0.4) is 0 Å². The molecule has 3 aliphatic rings. The van der Waals surface area contributed by atoms with Crippen LogP contribution in [0.4, 0.5) is 40.7 Å². The van der Waals surface area contributed by atoms with Gasteiger partial charge in [0.15, 0.2) is 11.4 Å². The Labute approximate surface area is 505 Å². The summed E-state index contributed by atoms with van der Waals surface area (Å²) in [6.07, 6.45) is 7.88. The van der Waals surface area contributed by atoms with Crippen molar-refractivity contribution < 1.29 is 65.5 Å². The summed E-state index contributed by atoms with van der Waals surface area (Å²) in [7, 11) is 0. The minimum atomic E-state index is -3.00. The van der Waals surface area contributed by atoms with Gasteiger partial charge >= 0.3 is 0 Å². The van der Waals surface area contributed by atoms with Crippen molar-refractivity contribution in [1.29, 1.82) is 5.26 Å². The average molecular weight is 1230 g/mol. The molecule has 0 bridgehead atoms. The lowest BCUT2D eigenvalue weighted by atomic mass is 9.77. The van der Waals surface area contributed by atoms with E-state index < -0.39 is 104 Å². The molecule has 4 aromatic heterocycles. The van der Waals surface area contributed by atoms with Gasteiger partial charge in [0.2, 0.25) is 23.6 Å². The molecule has 462 valence electrons. The van der Waals surface area contributed by atoms with Crippen molar-refractivity contribution in [2.24, 2.45) is 5.92 Å². The molecule has 1 aliphatic carbocycles. The highest BCUT2D eigenvalue weighted by molar-refractivity contribution is 6.32. The van der Waals surface area contributed by atoms with E-state index in [1.807, 2.05) is 28.9 Å². The summed E-state index contributed by atoms with van der Waals surface area (Å²) in [4.78, 5) is 76.7. The Bertz CT molecular complexity index is 3370. The topological polar surface area (TPSA) is 239 Å². The van der Waals surface area contributed by atoms with Gasteiger partial charge in [-0.25, -0.2) is 32.5 Å². The van der Waals surface area contributed by atoms with E-state index in [-0.39, 0.29) is 74.3 Å². The van der Waals surface area contributed by atoms with Gasteiger partial charge in [0, 0.05) is 91.7 Å². The number of halogens is 5. The summed E-state index contributed by atoms with van der Waals surface area (Å²) < 4.78 is 88.5. The molecular formula is C61H68ClF4N11O10. The van der Waals surface area contributed by atoms with Crippen molar-refractivity contribution in [1.82, 2.24) is 29.5 Å². The highest BCUT2D eigenvalue weighted by atomic mass is 35.5. The van der Waals surface area contributed by atoms with Gasteiger partial charge in [0.25, 0.3) is 5.91 Å². The smallest absolute Gasteiger partial charge is 0.253 e. The zero-order chi connectivity index (χ0) is 61.5. The van der Waals surface area contributed by atoms with Gasteiger partial charge in [0.1, 0.15) is 60.9 Å². The lowest BCUT2D eigenvalue weighted by Crippen LogP contribution is -2.64. The van der Waals surface area contributed by atoms with Crippen molar-refractivity contribution >= 4 is 63.9 Å². The second-order valence-corrected chi connectivity index (χ2v) is 21.7. The van der Waals surface area contributed by atoms with Gasteiger partial charge < -0.3 is 43.9 Å². The first-order valence-electron chi connectivity index (χ1n) is 28.9. The minimum Gasteiger partial charge on any atom is -0.475 e. The third-order valence-corrected chi connectivity index (χ3v) is 15.6. The number of carbonyl (C=O) groups excluding carboxylic acids is 4. The summed E-state index contributed by atoms with van der Waals surface area (Å²) >= 11 is 6.65. The van der Waals surface area contributed by atoms with Crippen LogP contribution in [0.5, 0.6) is 5.88 Å². The molecule has 2 saturated heterocycles. The fourth-order valence-electron chi connectivity index (χ4n) is 11.0. The lowest BCUT2D eigenvalue weighted by Gasteiger charge is -2.43. The number of hydrogen-bond acceptors (Lipinski definition) is 17. The maximum atomic E-state index is 15.4. The number of hydrogen-bond donors (Lipinski definition) is 2. The van der Waals surface area contributed by atoms with Crippen molar-refractivity contribution in [2.45, 2.75) is 88.9 Å². The molecule has 2 aliphatic heterocycles. The van der Waals surface area contributed by atoms with E-state index in [1.54, 1.807) is 18.3 Å². The molecule has 9 rings (SSSR count). The number of aromatic nitrogens is 5. The van der Waals surface area contributed by atoms with Gasteiger partial charge in [-0.05, 0) is 73.9 Å². The van der Waals surface area contributed by atoms with E-state index >= 15 is 13.6 Å². The van der Waals surface area contributed by atoms with Gasteiger partial charge in [-0.3, -0.25) is 29.0 Å². The van der Waals surface area contributed by atoms with Crippen LogP contribution in [0.15, 0.2) is 91.4 Å². The van der Waals surface area contributed by atoms with Gasteiger partial charge in [0.05, 0.1) is 76.3 Å².